The van der Waals surface area contributed by atoms with E-state index >= 15 is 0 Å². The van der Waals surface area contributed by atoms with Crippen molar-refractivity contribution in [3.63, 3.8) is 0 Å². The van der Waals surface area contributed by atoms with E-state index in [0.29, 0.717) is 82.0 Å². The van der Waals surface area contributed by atoms with Crippen molar-refractivity contribution < 1.29 is 19.1 Å². The number of carbonyl (C=O) groups excluding carboxylic acids is 2. The highest BCUT2D eigenvalue weighted by Crippen LogP contribution is 2.53. The lowest BCUT2D eigenvalue weighted by molar-refractivity contribution is -0.121. The van der Waals surface area contributed by atoms with Gasteiger partial charge in [0.25, 0.3) is 5.91 Å². The van der Waals surface area contributed by atoms with Crippen LogP contribution >= 0.6 is 11.6 Å². The molecule has 1 aliphatic carbocycles. The second kappa shape index (κ2) is 13.3. The second-order valence-corrected chi connectivity index (χ2v) is 14.9. The summed E-state index contributed by atoms with van der Waals surface area (Å²) in [6, 6.07) is 7.84. The normalized spacial score (nSPS) is 18.1. The number of rotatable bonds is 8. The molecule has 1 atom stereocenters. The van der Waals surface area contributed by atoms with E-state index in [2.05, 4.69) is 35.2 Å². The van der Waals surface area contributed by atoms with Crippen molar-refractivity contribution in [2.75, 3.05) is 29.9 Å². The number of halogens is 1. The fourth-order valence-corrected chi connectivity index (χ4v) is 6.75. The third-order valence-corrected chi connectivity index (χ3v) is 9.32. The molecule has 2 amide bonds. The first-order chi connectivity index (χ1) is 23.3. The zero-order valence-corrected chi connectivity index (χ0v) is 29.2. The Hall–Kier alpha value is -4.76. The Balaban J connectivity index is 1.36. The third-order valence-electron chi connectivity index (χ3n) is 9.12. The van der Waals surface area contributed by atoms with Gasteiger partial charge in [0.05, 0.1) is 28.5 Å². The lowest BCUT2D eigenvalue weighted by Gasteiger charge is -2.40. The molecule has 49 heavy (non-hydrogen) atoms. The van der Waals surface area contributed by atoms with Crippen LogP contribution in [0.1, 0.15) is 76.5 Å². The molecular formula is C36H41ClN8O4. The number of amides is 2. The first-order valence-electron chi connectivity index (χ1n) is 16.6. The summed E-state index contributed by atoms with van der Waals surface area (Å²) in [6.07, 6.45) is 7.10. The van der Waals surface area contributed by atoms with Crippen LogP contribution in [-0.2, 0) is 22.5 Å². The van der Waals surface area contributed by atoms with Gasteiger partial charge in [-0.1, -0.05) is 31.5 Å². The highest BCUT2D eigenvalue weighted by Gasteiger charge is 2.54. The number of fused-ring (bicyclic) bond motifs is 1. The topological polar surface area (TPSA) is 157 Å². The van der Waals surface area contributed by atoms with Crippen LogP contribution < -0.4 is 15.0 Å². The lowest BCUT2D eigenvalue weighted by atomic mass is 9.88. The fraction of sp³-hybridized carbons (Fsp3) is 0.472. The van der Waals surface area contributed by atoms with Crippen LogP contribution in [0.25, 0.3) is 11.1 Å². The molecule has 256 valence electrons. The maximum Gasteiger partial charge on any atom is 0.410 e. The quantitative estimate of drug-likeness (QED) is 0.257. The Kier molecular flexibility index (Phi) is 9.24. The van der Waals surface area contributed by atoms with E-state index in [1.54, 1.807) is 15.9 Å². The van der Waals surface area contributed by atoms with Crippen LogP contribution in [0.5, 0.6) is 5.75 Å². The summed E-state index contributed by atoms with van der Waals surface area (Å²) in [6.45, 7) is 10.9. The summed E-state index contributed by atoms with van der Waals surface area (Å²) < 4.78 is 11.6. The van der Waals surface area contributed by atoms with Crippen LogP contribution in [0, 0.1) is 28.1 Å². The van der Waals surface area contributed by atoms with Gasteiger partial charge in [-0.05, 0) is 70.1 Å². The van der Waals surface area contributed by atoms with E-state index in [0.717, 1.165) is 12.8 Å². The minimum Gasteiger partial charge on any atom is -0.482 e. The number of likely N-dealkylation sites (tertiary alicyclic amines) is 1. The van der Waals surface area contributed by atoms with Gasteiger partial charge in [0, 0.05) is 54.3 Å². The van der Waals surface area contributed by atoms with E-state index in [1.807, 2.05) is 32.9 Å². The highest BCUT2D eigenvalue weighted by atomic mass is 35.5. The molecule has 2 N–H and O–H groups in total. The van der Waals surface area contributed by atoms with Gasteiger partial charge in [-0.2, -0.15) is 5.26 Å². The molecule has 1 aromatic carbocycles. The van der Waals surface area contributed by atoms with E-state index < -0.39 is 5.60 Å². The zero-order chi connectivity index (χ0) is 35.1. The molecular weight excluding hydrogens is 644 g/mol. The molecule has 6 rings (SSSR count). The van der Waals surface area contributed by atoms with Crippen LogP contribution in [0.3, 0.4) is 0 Å². The van der Waals surface area contributed by atoms with Crippen molar-refractivity contribution in [2.24, 2.45) is 11.3 Å². The van der Waals surface area contributed by atoms with Crippen molar-refractivity contribution in [3.05, 3.63) is 58.3 Å². The molecule has 1 spiro atoms. The molecule has 3 aliphatic rings. The molecule has 4 heterocycles. The number of hydrogen-bond acceptors (Lipinski definition) is 10. The summed E-state index contributed by atoms with van der Waals surface area (Å²) in [5.74, 6) is 1.42. The first kappa shape index (κ1) is 34.1. The average Bonchev–Trinajstić information content (AvgIpc) is 3.82. The molecule has 0 bridgehead atoms. The molecule has 1 unspecified atom stereocenters. The number of pyridine rings is 1. The van der Waals surface area contributed by atoms with Crippen LogP contribution in [0.4, 0.5) is 16.3 Å². The predicted octanol–water partition coefficient (Wildman–Crippen LogP) is 6.39. The monoisotopic (exact) mass is 684 g/mol. The average molecular weight is 685 g/mol. The SMILES string of the molecule is CC(C)Cc1nc(NC2CCN(C(=O)OC(C)(C)C)CC23CC3)c(C=N)c(-c2ccc3c(c2)OCC(=O)N3Cc2ncc(Cl)cn2)c1C#N. The number of nitriles is 1. The molecule has 12 nitrogen and oxygen atoms in total. The minimum absolute atomic E-state index is 0.0200. The summed E-state index contributed by atoms with van der Waals surface area (Å²) in [7, 11) is 0. The summed E-state index contributed by atoms with van der Waals surface area (Å²) in [4.78, 5) is 42.7. The number of benzene rings is 1. The third kappa shape index (κ3) is 7.17. The van der Waals surface area contributed by atoms with Gasteiger partial charge in [0.1, 0.15) is 29.1 Å². The molecule has 0 radical (unpaired) electrons. The van der Waals surface area contributed by atoms with Crippen molar-refractivity contribution in [1.82, 2.24) is 19.9 Å². The van der Waals surface area contributed by atoms with Gasteiger partial charge in [-0.15, -0.1) is 0 Å². The van der Waals surface area contributed by atoms with E-state index in [4.69, 9.17) is 31.5 Å². The number of ether oxygens (including phenoxy) is 2. The van der Waals surface area contributed by atoms with Crippen molar-refractivity contribution in [2.45, 2.75) is 78.5 Å². The molecule has 13 heteroatoms. The number of hydrogen-bond donors (Lipinski definition) is 2. The fourth-order valence-electron chi connectivity index (χ4n) is 6.65. The smallest absolute Gasteiger partial charge is 0.410 e. The number of anilines is 2. The van der Waals surface area contributed by atoms with E-state index in [-0.39, 0.29) is 42.5 Å². The van der Waals surface area contributed by atoms with E-state index in [9.17, 15) is 14.9 Å². The highest BCUT2D eigenvalue weighted by molar-refractivity contribution is 6.30. The minimum atomic E-state index is -0.571. The zero-order valence-electron chi connectivity index (χ0n) is 28.5. The lowest BCUT2D eigenvalue weighted by Crippen LogP contribution is -2.51. The molecule has 1 saturated carbocycles. The maximum atomic E-state index is 12.9. The Bertz CT molecular complexity index is 1830. The van der Waals surface area contributed by atoms with Crippen molar-refractivity contribution in [3.8, 4) is 22.9 Å². The Morgan fingerprint density at radius 1 is 1.29 bits per heavy atom. The molecule has 3 aromatic rings. The van der Waals surface area contributed by atoms with Crippen LogP contribution in [0.15, 0.2) is 30.6 Å². The van der Waals surface area contributed by atoms with Gasteiger partial charge in [-0.3, -0.25) is 9.69 Å². The van der Waals surface area contributed by atoms with Crippen molar-refractivity contribution in [1.29, 1.82) is 10.7 Å². The van der Waals surface area contributed by atoms with Gasteiger partial charge >= 0.3 is 6.09 Å². The Morgan fingerprint density at radius 3 is 2.65 bits per heavy atom. The molecule has 2 fully saturated rings. The molecule has 2 aromatic heterocycles. The molecule has 2 aliphatic heterocycles. The Morgan fingerprint density at radius 2 is 2.02 bits per heavy atom. The number of piperidine rings is 1. The number of nitrogens with zero attached hydrogens (tertiary/aromatic N) is 6. The largest absolute Gasteiger partial charge is 0.482 e. The van der Waals surface area contributed by atoms with Gasteiger partial charge in [0.15, 0.2) is 6.61 Å². The summed E-state index contributed by atoms with van der Waals surface area (Å²) in [5, 5.41) is 23.2. The predicted molar refractivity (Wildman–Crippen MR) is 186 cm³/mol. The molecule has 1 saturated heterocycles. The van der Waals surface area contributed by atoms with Crippen LogP contribution in [0.2, 0.25) is 5.02 Å². The van der Waals surface area contributed by atoms with Crippen LogP contribution in [-0.4, -0.2) is 69.4 Å². The van der Waals surface area contributed by atoms with Gasteiger partial charge in [-0.25, -0.2) is 19.7 Å². The summed E-state index contributed by atoms with van der Waals surface area (Å²) in [5.41, 5.74) is 2.65. The maximum absolute atomic E-state index is 12.9. The van der Waals surface area contributed by atoms with Crippen molar-refractivity contribution >= 4 is 41.3 Å². The summed E-state index contributed by atoms with van der Waals surface area (Å²) >= 11 is 5.95. The van der Waals surface area contributed by atoms with E-state index in [1.165, 1.54) is 18.6 Å². The number of carbonyl (C=O) groups is 2. The first-order valence-corrected chi connectivity index (χ1v) is 16.9. The van der Waals surface area contributed by atoms with Gasteiger partial charge in [0.2, 0.25) is 0 Å². The number of aromatic nitrogens is 3. The second-order valence-electron chi connectivity index (χ2n) is 14.4. The standard InChI is InChI=1S/C36H41ClN8O4/c1-21(2)12-26-24(14-38)32(22-6-7-27-28(13-22)48-19-31(46)45(27)18-30-40-16-23(37)17-41-30)25(15-39)33(42-26)43-29-8-11-44(20-36(29)9-10-36)34(47)49-35(3,4)5/h6-7,13,15-17,21,29,39H,8-12,18-20H2,1-5H3,(H,42,43). The Labute approximate surface area is 291 Å². The number of nitrogens with one attached hydrogen (secondary N) is 2. The van der Waals surface area contributed by atoms with Gasteiger partial charge < -0.3 is 25.1 Å².